The van der Waals surface area contributed by atoms with E-state index >= 15 is 0 Å². The van der Waals surface area contributed by atoms with E-state index in [9.17, 15) is 18.9 Å². The highest BCUT2D eigenvalue weighted by Crippen LogP contribution is 2.53. The molecule has 3 aliphatic rings. The number of hydrogen-bond donors (Lipinski definition) is 4. The number of imidazole rings is 1. The number of fused-ring (bicyclic) bond motifs is 3. The standard InChI is InChI=1S/C28H32IN8O10P/c1-12(29)14-8-20(36-10-18-23(33-27(36)39)31-15-6-4-5-7-16(15)45-18)46-19(14)11-43-48(41,42-3)47-17-9-21(44-13(17)2)37-24-22(32-28(37)40)25(38)35-26(30)34-24/h4-7,10,12-14,17,19-21H,8-9,11H2,1-3H3,(H,32,40)(H,31,33,39)(H3,30,34,35,38)/t12?,13-,14-,17+,19-,20-,21-,48?/m1/s1. The van der Waals surface area contributed by atoms with Gasteiger partial charge in [0.2, 0.25) is 5.95 Å². The molecular formula is C28H32IN8O10P. The molecule has 48 heavy (non-hydrogen) atoms. The van der Waals surface area contributed by atoms with Crippen molar-refractivity contribution in [2.24, 2.45) is 5.92 Å². The summed E-state index contributed by atoms with van der Waals surface area (Å²) >= 11 is 2.28. The second-order valence-corrected chi connectivity index (χ2v) is 15.3. The SMILES string of the molecule is COP(=O)(OC[C@H]1O[C@@H](n2cc3c(nc2=O)Nc2ccccc2O3)C[C@@H]1C(C)I)O[C@H]1C[C@H](n2c(=O)[nH]c3c(=O)[nH]c(N)nc32)O[C@@H]1C. The molecule has 4 aromatic rings. The lowest BCUT2D eigenvalue weighted by Crippen LogP contribution is -2.29. The van der Waals surface area contributed by atoms with Crippen molar-refractivity contribution < 1.29 is 32.3 Å². The number of para-hydroxylation sites is 2. The normalized spacial score (nSPS) is 26.8. The number of benzene rings is 1. The zero-order valence-electron chi connectivity index (χ0n) is 25.8. The van der Waals surface area contributed by atoms with Crippen molar-refractivity contribution in [2.75, 3.05) is 24.8 Å². The van der Waals surface area contributed by atoms with Crippen LogP contribution in [0.4, 0.5) is 17.5 Å². The maximum Gasteiger partial charge on any atom is 0.474 e. The highest BCUT2D eigenvalue weighted by atomic mass is 127. The molecule has 1 aromatic carbocycles. The smallest absolute Gasteiger partial charge is 0.450 e. The average Bonchev–Trinajstić information content (AvgIpc) is 3.73. The van der Waals surface area contributed by atoms with E-state index in [2.05, 4.69) is 47.8 Å². The number of aromatic amines is 2. The lowest BCUT2D eigenvalue weighted by Gasteiger charge is -2.25. The average molecular weight is 798 g/mol. The summed E-state index contributed by atoms with van der Waals surface area (Å²) in [6, 6.07) is 7.32. The van der Waals surface area contributed by atoms with Gasteiger partial charge in [-0.15, -0.1) is 0 Å². The third-order valence-corrected chi connectivity index (χ3v) is 10.9. The summed E-state index contributed by atoms with van der Waals surface area (Å²) in [5.74, 6) is 1.01. The van der Waals surface area contributed by atoms with Crippen LogP contribution in [0.15, 0.2) is 44.8 Å². The molecule has 0 spiro atoms. The molecule has 256 valence electrons. The summed E-state index contributed by atoms with van der Waals surface area (Å²) in [5.41, 5.74) is 4.58. The number of hydrogen-bond acceptors (Lipinski definition) is 14. The van der Waals surface area contributed by atoms with Crippen molar-refractivity contribution in [2.45, 2.75) is 61.4 Å². The molecule has 6 heterocycles. The Morgan fingerprint density at radius 3 is 2.69 bits per heavy atom. The maximum absolute atomic E-state index is 13.7. The fraction of sp³-hybridized carbons (Fsp3) is 0.464. The summed E-state index contributed by atoms with van der Waals surface area (Å²) in [4.78, 5) is 51.2. The third-order valence-electron chi connectivity index (χ3n) is 8.56. The number of H-pyrrole nitrogens is 2. The van der Waals surface area contributed by atoms with Gasteiger partial charge in [-0.1, -0.05) is 41.6 Å². The molecule has 3 aromatic heterocycles. The Bertz CT molecular complexity index is 2100. The number of nitrogens with one attached hydrogen (secondary N) is 3. The van der Waals surface area contributed by atoms with E-state index in [0.29, 0.717) is 29.4 Å². The number of anilines is 3. The Labute approximate surface area is 285 Å². The highest BCUT2D eigenvalue weighted by Gasteiger charge is 2.44. The van der Waals surface area contributed by atoms with Crippen molar-refractivity contribution >= 4 is 59.0 Å². The number of nitrogens with zero attached hydrogens (tertiary/aromatic N) is 4. The first kappa shape index (κ1) is 32.9. The van der Waals surface area contributed by atoms with E-state index in [1.165, 1.54) is 11.7 Å². The van der Waals surface area contributed by atoms with Crippen LogP contribution in [0, 0.1) is 5.92 Å². The van der Waals surface area contributed by atoms with E-state index < -0.39 is 55.5 Å². The van der Waals surface area contributed by atoms with Gasteiger partial charge in [-0.05, 0) is 25.5 Å². The Kier molecular flexibility index (Phi) is 8.71. The van der Waals surface area contributed by atoms with Crippen molar-refractivity contribution in [1.29, 1.82) is 0 Å². The van der Waals surface area contributed by atoms with Crippen molar-refractivity contribution in [1.82, 2.24) is 29.1 Å². The molecule has 2 fully saturated rings. The minimum atomic E-state index is -4.18. The molecule has 8 atom stereocenters. The Morgan fingerprint density at radius 2 is 1.92 bits per heavy atom. The Morgan fingerprint density at radius 1 is 1.12 bits per heavy atom. The van der Waals surface area contributed by atoms with Crippen LogP contribution in [-0.2, 0) is 27.6 Å². The number of phosphoric ester groups is 1. The first-order valence-electron chi connectivity index (χ1n) is 15.0. The minimum Gasteiger partial charge on any atom is -0.450 e. The maximum atomic E-state index is 13.7. The van der Waals surface area contributed by atoms with Gasteiger partial charge in [0.1, 0.15) is 12.5 Å². The number of alkyl halides is 1. The van der Waals surface area contributed by atoms with Crippen molar-refractivity contribution in [3.05, 3.63) is 61.8 Å². The minimum absolute atomic E-state index is 0.0121. The summed E-state index contributed by atoms with van der Waals surface area (Å²) in [5, 5.41) is 3.12. The molecule has 5 N–H and O–H groups in total. The first-order valence-corrected chi connectivity index (χ1v) is 17.7. The molecule has 2 saturated heterocycles. The molecule has 20 heteroatoms. The number of aromatic nitrogens is 6. The second-order valence-electron chi connectivity index (χ2n) is 11.6. The van der Waals surface area contributed by atoms with E-state index in [4.69, 9.17) is 33.5 Å². The quantitative estimate of drug-likeness (QED) is 0.0954. The van der Waals surface area contributed by atoms with E-state index in [1.54, 1.807) is 19.2 Å². The van der Waals surface area contributed by atoms with Crippen LogP contribution in [0.3, 0.4) is 0 Å². The van der Waals surface area contributed by atoms with Gasteiger partial charge >= 0.3 is 19.2 Å². The number of ether oxygens (including phenoxy) is 3. The van der Waals surface area contributed by atoms with E-state index in [-0.39, 0.29) is 40.0 Å². The van der Waals surface area contributed by atoms with Gasteiger partial charge in [0, 0.05) is 23.4 Å². The molecule has 18 nitrogen and oxygen atoms in total. The number of nitrogens with two attached hydrogens (primary N) is 1. The fourth-order valence-corrected chi connectivity index (χ4v) is 8.05. The van der Waals surface area contributed by atoms with Gasteiger partial charge in [0.15, 0.2) is 28.5 Å². The second kappa shape index (κ2) is 12.7. The van der Waals surface area contributed by atoms with Crippen molar-refractivity contribution in [3.63, 3.8) is 0 Å². The molecule has 0 amide bonds. The molecule has 2 unspecified atom stereocenters. The lowest BCUT2D eigenvalue weighted by atomic mass is 9.98. The molecule has 3 aliphatic heterocycles. The summed E-state index contributed by atoms with van der Waals surface area (Å²) in [6.07, 6.45) is -1.59. The van der Waals surface area contributed by atoms with Crippen LogP contribution in [0.5, 0.6) is 11.5 Å². The van der Waals surface area contributed by atoms with Gasteiger partial charge in [-0.25, -0.2) is 18.7 Å². The molecule has 0 saturated carbocycles. The summed E-state index contributed by atoms with van der Waals surface area (Å²) in [7, 11) is -2.98. The highest BCUT2D eigenvalue weighted by molar-refractivity contribution is 14.1. The van der Waals surface area contributed by atoms with Gasteiger partial charge in [0.25, 0.3) is 5.56 Å². The Hall–Kier alpha value is -3.59. The fourth-order valence-electron chi connectivity index (χ4n) is 6.12. The number of nitrogen functional groups attached to an aromatic ring is 1. The van der Waals surface area contributed by atoms with Crippen LogP contribution >= 0.6 is 30.4 Å². The number of rotatable bonds is 9. The molecule has 0 aliphatic carbocycles. The van der Waals surface area contributed by atoms with E-state index in [1.807, 2.05) is 25.1 Å². The topological polar surface area (TPSA) is 229 Å². The van der Waals surface area contributed by atoms with Crippen molar-refractivity contribution in [3.8, 4) is 11.5 Å². The van der Waals surface area contributed by atoms with Gasteiger partial charge < -0.3 is 25.3 Å². The van der Waals surface area contributed by atoms with Crippen LogP contribution in [-0.4, -0.2) is 65.0 Å². The zero-order valence-corrected chi connectivity index (χ0v) is 28.9. The van der Waals surface area contributed by atoms with Gasteiger partial charge in [-0.2, -0.15) is 9.97 Å². The van der Waals surface area contributed by atoms with Crippen LogP contribution in [0.25, 0.3) is 11.2 Å². The molecule has 7 rings (SSSR count). The molecule has 0 bridgehead atoms. The van der Waals surface area contributed by atoms with E-state index in [0.717, 1.165) is 4.57 Å². The molecular weight excluding hydrogens is 766 g/mol. The predicted molar refractivity (Wildman–Crippen MR) is 179 cm³/mol. The number of phosphoric acid groups is 1. The van der Waals surface area contributed by atoms with Crippen LogP contribution in [0.1, 0.15) is 39.1 Å². The monoisotopic (exact) mass is 798 g/mol. The van der Waals surface area contributed by atoms with Gasteiger partial charge in [0.05, 0.1) is 36.8 Å². The van der Waals surface area contributed by atoms with Crippen LogP contribution < -0.4 is 32.7 Å². The zero-order chi connectivity index (χ0) is 33.9. The Balaban J connectivity index is 1.04. The number of halogens is 1. The van der Waals surface area contributed by atoms with Crippen LogP contribution in [0.2, 0.25) is 0 Å². The summed E-state index contributed by atoms with van der Waals surface area (Å²) < 4.78 is 51.5. The largest absolute Gasteiger partial charge is 0.474 e. The predicted octanol–water partition coefficient (Wildman–Crippen LogP) is 3.29. The van der Waals surface area contributed by atoms with Gasteiger partial charge in [-0.3, -0.25) is 32.9 Å². The lowest BCUT2D eigenvalue weighted by molar-refractivity contribution is -0.0400. The molecule has 0 radical (unpaired) electrons. The summed E-state index contributed by atoms with van der Waals surface area (Å²) in [6.45, 7) is 3.52. The third kappa shape index (κ3) is 6.08. The first-order chi connectivity index (χ1) is 22.9.